The third-order valence-electron chi connectivity index (χ3n) is 2.48. The summed E-state index contributed by atoms with van der Waals surface area (Å²) in [5.41, 5.74) is -1.23. The molecule has 8 heteroatoms. The summed E-state index contributed by atoms with van der Waals surface area (Å²) in [6.07, 6.45) is 0.886. The molecule has 0 amide bonds. The molecule has 1 rings (SSSR count). The topological polar surface area (TPSA) is 95.7 Å². The molecule has 1 aromatic rings. The van der Waals surface area contributed by atoms with Crippen LogP contribution in [0.3, 0.4) is 0 Å². The molecule has 0 radical (unpaired) electrons. The fourth-order valence-electron chi connectivity index (χ4n) is 1.58. The van der Waals surface area contributed by atoms with Crippen LogP contribution in [0.1, 0.15) is 19.4 Å². The van der Waals surface area contributed by atoms with Gasteiger partial charge >= 0.3 is 11.9 Å². The Kier molecular flexibility index (Phi) is 6.18. The molecule has 1 aromatic carbocycles. The lowest BCUT2D eigenvalue weighted by molar-refractivity contribution is -0.385. The zero-order chi connectivity index (χ0) is 16.7. The van der Waals surface area contributed by atoms with Crippen LogP contribution >= 0.6 is 0 Å². The molecule has 0 N–H and O–H groups in total. The average molecular weight is 311 g/mol. The fourth-order valence-corrected chi connectivity index (χ4v) is 1.58. The molecule has 0 aliphatic heterocycles. The second kappa shape index (κ2) is 7.87. The van der Waals surface area contributed by atoms with Gasteiger partial charge in [0, 0.05) is 6.07 Å². The van der Waals surface area contributed by atoms with Crippen molar-refractivity contribution in [1.29, 1.82) is 0 Å². The quantitative estimate of drug-likeness (QED) is 0.200. The van der Waals surface area contributed by atoms with Crippen LogP contribution in [0.15, 0.2) is 23.8 Å². The van der Waals surface area contributed by atoms with E-state index in [2.05, 4.69) is 0 Å². The molecular weight excluding hydrogens is 297 g/mol. The summed E-state index contributed by atoms with van der Waals surface area (Å²) in [5, 5.41) is 10.9. The lowest BCUT2D eigenvalue weighted by atomic mass is 10.1. The van der Waals surface area contributed by atoms with Crippen LogP contribution in [-0.4, -0.2) is 30.1 Å². The van der Waals surface area contributed by atoms with Gasteiger partial charge in [0.05, 0.1) is 23.7 Å². The average Bonchev–Trinajstić information content (AvgIpc) is 2.44. The molecule has 0 fully saturated rings. The lowest BCUT2D eigenvalue weighted by Crippen LogP contribution is -2.18. The second-order valence-corrected chi connectivity index (χ2v) is 3.96. The van der Waals surface area contributed by atoms with Gasteiger partial charge in [0.15, 0.2) is 0 Å². The minimum absolute atomic E-state index is 0.000816. The van der Waals surface area contributed by atoms with E-state index >= 15 is 0 Å². The first-order chi connectivity index (χ1) is 10.4. The zero-order valence-electron chi connectivity index (χ0n) is 12.0. The van der Waals surface area contributed by atoms with Crippen molar-refractivity contribution < 1.29 is 28.4 Å². The van der Waals surface area contributed by atoms with Gasteiger partial charge in [-0.1, -0.05) is 0 Å². The van der Waals surface area contributed by atoms with Crippen molar-refractivity contribution in [2.24, 2.45) is 0 Å². The normalized spacial score (nSPS) is 9.77. The first-order valence-corrected chi connectivity index (χ1v) is 6.40. The van der Waals surface area contributed by atoms with E-state index in [1.54, 1.807) is 0 Å². The number of carbonyl (C=O) groups excluding carboxylic acids is 2. The predicted molar refractivity (Wildman–Crippen MR) is 74.3 cm³/mol. The molecular formula is C14H14FNO6. The molecule has 0 aromatic heterocycles. The Bertz CT molecular complexity index is 606. The van der Waals surface area contributed by atoms with Gasteiger partial charge in [0.25, 0.3) is 5.69 Å². The Balaban J connectivity index is 3.38. The lowest BCUT2D eigenvalue weighted by Gasteiger charge is -2.07. The maximum Gasteiger partial charge on any atom is 0.345 e. The van der Waals surface area contributed by atoms with Crippen molar-refractivity contribution in [2.75, 3.05) is 13.2 Å². The Labute approximate surface area is 125 Å². The van der Waals surface area contributed by atoms with Crippen molar-refractivity contribution in [1.82, 2.24) is 0 Å². The van der Waals surface area contributed by atoms with E-state index in [-0.39, 0.29) is 18.8 Å². The van der Waals surface area contributed by atoms with E-state index in [4.69, 9.17) is 9.47 Å². The van der Waals surface area contributed by atoms with Gasteiger partial charge < -0.3 is 9.47 Å². The van der Waals surface area contributed by atoms with Crippen LogP contribution in [0.4, 0.5) is 10.1 Å². The van der Waals surface area contributed by atoms with Crippen LogP contribution in [0.5, 0.6) is 0 Å². The number of nitrogens with zero attached hydrogens (tertiary/aromatic N) is 1. The van der Waals surface area contributed by atoms with E-state index in [0.717, 1.165) is 24.3 Å². The maximum atomic E-state index is 13.3. The molecule has 118 valence electrons. The molecule has 0 aliphatic rings. The Hall–Kier alpha value is -2.77. The number of hydrogen-bond acceptors (Lipinski definition) is 6. The highest BCUT2D eigenvalue weighted by Gasteiger charge is 2.23. The summed E-state index contributed by atoms with van der Waals surface area (Å²) >= 11 is 0. The minimum atomic E-state index is -1.00. The highest BCUT2D eigenvalue weighted by atomic mass is 19.1. The maximum absolute atomic E-state index is 13.3. The van der Waals surface area contributed by atoms with Gasteiger partial charge in [-0.25, -0.2) is 14.0 Å². The minimum Gasteiger partial charge on any atom is -0.462 e. The number of rotatable bonds is 6. The molecule has 0 unspecified atom stereocenters. The molecule has 0 bridgehead atoms. The van der Waals surface area contributed by atoms with E-state index < -0.39 is 33.9 Å². The van der Waals surface area contributed by atoms with Crippen LogP contribution in [0, 0.1) is 15.9 Å². The third-order valence-corrected chi connectivity index (χ3v) is 2.48. The summed E-state index contributed by atoms with van der Waals surface area (Å²) in [6, 6.07) is 2.69. The van der Waals surface area contributed by atoms with E-state index in [1.165, 1.54) is 13.8 Å². The summed E-state index contributed by atoms with van der Waals surface area (Å²) in [6.45, 7) is 3.07. The number of hydrogen-bond donors (Lipinski definition) is 0. The highest BCUT2D eigenvalue weighted by molar-refractivity contribution is 6.17. The first kappa shape index (κ1) is 17.3. The van der Waals surface area contributed by atoms with E-state index in [9.17, 15) is 24.1 Å². The van der Waals surface area contributed by atoms with Crippen molar-refractivity contribution in [2.45, 2.75) is 13.8 Å². The monoisotopic (exact) mass is 311 g/mol. The number of nitro groups is 1. The van der Waals surface area contributed by atoms with Crippen LogP contribution in [-0.2, 0) is 19.1 Å². The van der Waals surface area contributed by atoms with Crippen molar-refractivity contribution in [3.05, 3.63) is 45.3 Å². The van der Waals surface area contributed by atoms with Crippen molar-refractivity contribution in [3.63, 3.8) is 0 Å². The van der Waals surface area contributed by atoms with E-state index in [0.29, 0.717) is 0 Å². The number of benzene rings is 1. The number of halogens is 1. The molecule has 0 atom stereocenters. The summed E-state index contributed by atoms with van der Waals surface area (Å²) < 4.78 is 22.7. The van der Waals surface area contributed by atoms with Gasteiger partial charge in [-0.05, 0) is 32.1 Å². The van der Waals surface area contributed by atoms with Crippen molar-refractivity contribution in [3.8, 4) is 0 Å². The molecule has 22 heavy (non-hydrogen) atoms. The number of nitro benzene ring substituents is 1. The van der Waals surface area contributed by atoms with Crippen LogP contribution < -0.4 is 0 Å². The van der Waals surface area contributed by atoms with Gasteiger partial charge in [-0.3, -0.25) is 10.1 Å². The van der Waals surface area contributed by atoms with Crippen LogP contribution in [0.25, 0.3) is 6.08 Å². The summed E-state index contributed by atoms with van der Waals surface area (Å²) in [7, 11) is 0. The molecule has 0 saturated carbocycles. The molecule has 0 aliphatic carbocycles. The van der Waals surface area contributed by atoms with E-state index in [1.807, 2.05) is 0 Å². The fraction of sp³-hybridized carbons (Fsp3) is 0.286. The Morgan fingerprint density at radius 1 is 1.23 bits per heavy atom. The Morgan fingerprint density at radius 3 is 2.23 bits per heavy atom. The number of ether oxygens (including phenoxy) is 2. The number of esters is 2. The smallest absolute Gasteiger partial charge is 0.345 e. The standard InChI is InChI=1S/C14H14FNO6/c1-3-21-13(17)11(14(18)22-4-2)8-9-7-10(15)5-6-12(9)16(19)20/h5-8H,3-4H2,1-2H3. The third kappa shape index (κ3) is 4.37. The van der Waals surface area contributed by atoms with Crippen LogP contribution in [0.2, 0.25) is 0 Å². The van der Waals surface area contributed by atoms with Gasteiger partial charge in [0.2, 0.25) is 0 Å². The van der Waals surface area contributed by atoms with Gasteiger partial charge in [-0.2, -0.15) is 0 Å². The summed E-state index contributed by atoms with van der Waals surface area (Å²) in [5.74, 6) is -2.75. The van der Waals surface area contributed by atoms with Gasteiger partial charge in [0.1, 0.15) is 11.4 Å². The van der Waals surface area contributed by atoms with Crippen molar-refractivity contribution >= 4 is 23.7 Å². The molecule has 0 saturated heterocycles. The highest BCUT2D eigenvalue weighted by Crippen LogP contribution is 2.23. The predicted octanol–water partition coefficient (Wildman–Crippen LogP) is 2.24. The molecule has 0 heterocycles. The largest absolute Gasteiger partial charge is 0.462 e. The van der Waals surface area contributed by atoms with Gasteiger partial charge in [-0.15, -0.1) is 0 Å². The molecule has 7 nitrogen and oxygen atoms in total. The molecule has 0 spiro atoms. The number of carbonyl (C=O) groups is 2. The zero-order valence-corrected chi connectivity index (χ0v) is 12.0. The Morgan fingerprint density at radius 2 is 1.77 bits per heavy atom. The summed E-state index contributed by atoms with van der Waals surface area (Å²) in [4.78, 5) is 33.7. The first-order valence-electron chi connectivity index (χ1n) is 6.40. The SMILES string of the molecule is CCOC(=O)C(=Cc1cc(F)ccc1[N+](=O)[O-])C(=O)OCC. The second-order valence-electron chi connectivity index (χ2n) is 3.96.